The maximum atomic E-state index is 10.6. The van der Waals surface area contributed by atoms with Crippen molar-refractivity contribution in [1.29, 1.82) is 0 Å². The largest absolute Gasteiger partial charge is 0.481 e. The zero-order valence-corrected chi connectivity index (χ0v) is 14.6. The van der Waals surface area contributed by atoms with Crippen LogP contribution in [0.25, 0.3) is 11.1 Å². The number of hydrogen-bond donors (Lipinski definition) is 2. The first-order valence-corrected chi connectivity index (χ1v) is 8.02. The number of carbonyl (C=O) groups is 1. The van der Waals surface area contributed by atoms with Crippen LogP contribution >= 0.6 is 11.6 Å². The summed E-state index contributed by atoms with van der Waals surface area (Å²) in [4.78, 5) is 23.2. The van der Waals surface area contributed by atoms with Crippen LogP contribution in [0.4, 0.5) is 10.6 Å². The second-order valence-electron chi connectivity index (χ2n) is 5.41. The van der Waals surface area contributed by atoms with Crippen molar-refractivity contribution < 1.29 is 14.6 Å². The first kappa shape index (κ1) is 17.6. The third-order valence-electron chi connectivity index (χ3n) is 3.56. The molecule has 0 saturated heterocycles. The highest BCUT2D eigenvalue weighted by molar-refractivity contribution is 6.30. The number of anilines is 1. The zero-order valence-electron chi connectivity index (χ0n) is 13.8. The van der Waals surface area contributed by atoms with Crippen LogP contribution in [0.1, 0.15) is 11.3 Å². The van der Waals surface area contributed by atoms with Crippen LogP contribution in [-0.4, -0.2) is 33.3 Å². The van der Waals surface area contributed by atoms with Gasteiger partial charge in [0.15, 0.2) is 5.82 Å². The molecule has 7 nitrogen and oxygen atoms in total. The van der Waals surface area contributed by atoms with E-state index in [2.05, 4.69) is 20.3 Å². The Balaban J connectivity index is 1.87. The number of nitrogens with zero attached hydrogens (tertiary/aromatic N) is 3. The number of methoxy groups -OCH3 is 1. The summed E-state index contributed by atoms with van der Waals surface area (Å²) in [6.45, 7) is 0. The Morgan fingerprint density at radius 1 is 1.19 bits per heavy atom. The molecule has 0 saturated carbocycles. The lowest BCUT2D eigenvalue weighted by atomic mass is 10.0. The Morgan fingerprint density at radius 2 is 2.04 bits per heavy atom. The molecule has 0 unspecified atom stereocenters. The minimum Gasteiger partial charge on any atom is -0.481 e. The molecule has 2 N–H and O–H groups in total. The fraction of sp³-hybridized carbons (Fsp3) is 0.111. The number of aromatic nitrogens is 3. The lowest BCUT2D eigenvalue weighted by molar-refractivity contribution is 0.209. The van der Waals surface area contributed by atoms with E-state index in [9.17, 15) is 4.79 Å². The molecule has 3 rings (SSSR count). The van der Waals surface area contributed by atoms with E-state index in [1.807, 2.05) is 24.3 Å². The van der Waals surface area contributed by atoms with Gasteiger partial charge in [-0.15, -0.1) is 0 Å². The van der Waals surface area contributed by atoms with Gasteiger partial charge in [0.25, 0.3) is 0 Å². The van der Waals surface area contributed by atoms with E-state index in [1.54, 1.807) is 19.4 Å². The Morgan fingerprint density at radius 3 is 2.69 bits per heavy atom. The molecule has 132 valence electrons. The highest BCUT2D eigenvalue weighted by atomic mass is 35.5. The fourth-order valence-corrected chi connectivity index (χ4v) is 2.64. The van der Waals surface area contributed by atoms with E-state index in [4.69, 9.17) is 21.4 Å². The van der Waals surface area contributed by atoms with Crippen LogP contribution < -0.4 is 10.1 Å². The van der Waals surface area contributed by atoms with E-state index in [1.165, 1.54) is 12.4 Å². The van der Waals surface area contributed by atoms with Crippen molar-refractivity contribution in [2.45, 2.75) is 6.42 Å². The van der Waals surface area contributed by atoms with Crippen molar-refractivity contribution in [2.24, 2.45) is 0 Å². The Bertz CT molecular complexity index is 932. The SMILES string of the molecule is COc1ncc(Cc2cnc(NC(=O)O)cn2)cc1-c1cccc(Cl)c1. The third-order valence-corrected chi connectivity index (χ3v) is 3.80. The van der Waals surface area contributed by atoms with Gasteiger partial charge in [0.1, 0.15) is 0 Å². The highest BCUT2D eigenvalue weighted by Gasteiger charge is 2.10. The van der Waals surface area contributed by atoms with Gasteiger partial charge in [-0.1, -0.05) is 23.7 Å². The van der Waals surface area contributed by atoms with Gasteiger partial charge in [0.05, 0.1) is 25.2 Å². The molecule has 0 aliphatic rings. The lowest BCUT2D eigenvalue weighted by Gasteiger charge is -2.10. The average Bonchev–Trinajstić information content (AvgIpc) is 2.63. The predicted molar refractivity (Wildman–Crippen MR) is 97.7 cm³/mol. The van der Waals surface area contributed by atoms with Gasteiger partial charge in [-0.05, 0) is 29.3 Å². The normalized spacial score (nSPS) is 10.4. The fourth-order valence-electron chi connectivity index (χ4n) is 2.45. The smallest absolute Gasteiger partial charge is 0.410 e. The Hall–Kier alpha value is -3.19. The minimum atomic E-state index is -1.18. The molecule has 0 fully saturated rings. The molecule has 0 aliphatic heterocycles. The number of hydrogen-bond acceptors (Lipinski definition) is 5. The third kappa shape index (κ3) is 4.25. The molecule has 0 bridgehead atoms. The maximum absolute atomic E-state index is 10.6. The quantitative estimate of drug-likeness (QED) is 0.707. The van der Waals surface area contributed by atoms with Gasteiger partial charge in [-0.3, -0.25) is 10.3 Å². The van der Waals surface area contributed by atoms with Crippen molar-refractivity contribution in [2.75, 3.05) is 12.4 Å². The van der Waals surface area contributed by atoms with Crippen molar-refractivity contribution in [3.8, 4) is 17.0 Å². The summed E-state index contributed by atoms with van der Waals surface area (Å²) < 4.78 is 5.35. The molecule has 1 amide bonds. The predicted octanol–water partition coefficient (Wildman–Crippen LogP) is 3.88. The molecule has 3 aromatic rings. The molecule has 0 spiro atoms. The Labute approximate surface area is 154 Å². The molecule has 0 atom stereocenters. The van der Waals surface area contributed by atoms with E-state index in [-0.39, 0.29) is 5.82 Å². The number of benzene rings is 1. The van der Waals surface area contributed by atoms with Crippen LogP contribution in [-0.2, 0) is 6.42 Å². The van der Waals surface area contributed by atoms with Crippen LogP contribution in [0.3, 0.4) is 0 Å². The van der Waals surface area contributed by atoms with E-state index >= 15 is 0 Å². The monoisotopic (exact) mass is 370 g/mol. The van der Waals surface area contributed by atoms with Crippen molar-refractivity contribution in [3.05, 3.63) is 65.2 Å². The second kappa shape index (κ2) is 7.79. The molecule has 2 aromatic heterocycles. The average molecular weight is 371 g/mol. The van der Waals surface area contributed by atoms with Gasteiger partial charge < -0.3 is 9.84 Å². The molecule has 2 heterocycles. The second-order valence-corrected chi connectivity index (χ2v) is 5.85. The number of ether oxygens (including phenoxy) is 1. The van der Waals surface area contributed by atoms with Crippen LogP contribution in [0.5, 0.6) is 5.88 Å². The molecule has 0 radical (unpaired) electrons. The molecular formula is C18H15ClN4O3. The molecule has 1 aromatic carbocycles. The van der Waals surface area contributed by atoms with Crippen LogP contribution in [0, 0.1) is 0 Å². The molecule has 0 aliphatic carbocycles. The standard InChI is InChI=1S/C18H15ClN4O3/c1-26-17-15(12-3-2-4-13(19)7-12)6-11(8-22-17)5-14-9-21-16(10-20-14)23-18(24)25/h2-4,6-10H,5H2,1H3,(H,21,23)(H,24,25). The molecular weight excluding hydrogens is 356 g/mol. The number of pyridine rings is 1. The summed E-state index contributed by atoms with van der Waals surface area (Å²) in [6, 6.07) is 9.40. The summed E-state index contributed by atoms with van der Waals surface area (Å²) in [6.07, 6.45) is 3.91. The Kier molecular flexibility index (Phi) is 5.28. The minimum absolute atomic E-state index is 0.175. The number of nitrogens with one attached hydrogen (secondary N) is 1. The van der Waals surface area contributed by atoms with Gasteiger partial charge in [-0.25, -0.2) is 14.8 Å². The summed E-state index contributed by atoms with van der Waals surface area (Å²) in [5.74, 6) is 0.678. The van der Waals surface area contributed by atoms with E-state index in [0.717, 1.165) is 16.7 Å². The number of carboxylic acid groups (broad SMARTS) is 1. The van der Waals surface area contributed by atoms with Crippen LogP contribution in [0.15, 0.2) is 48.9 Å². The van der Waals surface area contributed by atoms with Gasteiger partial charge >= 0.3 is 6.09 Å². The highest BCUT2D eigenvalue weighted by Crippen LogP contribution is 2.30. The van der Waals surface area contributed by atoms with E-state index < -0.39 is 6.09 Å². The van der Waals surface area contributed by atoms with Crippen molar-refractivity contribution >= 4 is 23.5 Å². The molecule has 8 heteroatoms. The van der Waals surface area contributed by atoms with Crippen LogP contribution in [0.2, 0.25) is 5.02 Å². The summed E-state index contributed by atoms with van der Waals surface area (Å²) in [5.41, 5.74) is 3.32. The number of halogens is 1. The summed E-state index contributed by atoms with van der Waals surface area (Å²) in [7, 11) is 1.57. The van der Waals surface area contributed by atoms with E-state index in [0.29, 0.717) is 23.0 Å². The number of amides is 1. The first-order valence-electron chi connectivity index (χ1n) is 7.65. The summed E-state index contributed by atoms with van der Waals surface area (Å²) >= 11 is 6.08. The van der Waals surface area contributed by atoms with Gasteiger partial charge in [0.2, 0.25) is 5.88 Å². The topological polar surface area (TPSA) is 97.2 Å². The van der Waals surface area contributed by atoms with Crippen molar-refractivity contribution in [3.63, 3.8) is 0 Å². The molecule has 26 heavy (non-hydrogen) atoms. The zero-order chi connectivity index (χ0) is 18.5. The van der Waals surface area contributed by atoms with Gasteiger partial charge in [-0.2, -0.15) is 0 Å². The lowest BCUT2D eigenvalue weighted by Crippen LogP contribution is -2.09. The summed E-state index contributed by atoms with van der Waals surface area (Å²) in [5, 5.41) is 11.4. The van der Waals surface area contributed by atoms with Crippen molar-refractivity contribution in [1.82, 2.24) is 15.0 Å². The number of rotatable bonds is 5. The van der Waals surface area contributed by atoms with Gasteiger partial charge in [0, 0.05) is 23.2 Å². The maximum Gasteiger partial charge on any atom is 0.410 e. The first-order chi connectivity index (χ1) is 12.5.